The van der Waals surface area contributed by atoms with Crippen LogP contribution in [-0.2, 0) is 10.3 Å². The Labute approximate surface area is 102 Å². The first-order chi connectivity index (χ1) is 8.27. The fourth-order valence-electron chi connectivity index (χ4n) is 3.89. The summed E-state index contributed by atoms with van der Waals surface area (Å²) in [5.41, 5.74) is 0.742. The van der Waals surface area contributed by atoms with Crippen LogP contribution in [0, 0.1) is 11.8 Å². The van der Waals surface area contributed by atoms with Gasteiger partial charge in [-0.15, -0.1) is 0 Å². The van der Waals surface area contributed by atoms with Gasteiger partial charge in [0.25, 0.3) is 0 Å². The number of hydrogen-bond donors (Lipinski definition) is 1. The van der Waals surface area contributed by atoms with Crippen LogP contribution in [0.2, 0.25) is 0 Å². The van der Waals surface area contributed by atoms with E-state index in [0.717, 1.165) is 12.0 Å². The van der Waals surface area contributed by atoms with Crippen molar-refractivity contribution in [1.29, 1.82) is 0 Å². The summed E-state index contributed by atoms with van der Waals surface area (Å²) in [6, 6.07) is 10.3. The van der Waals surface area contributed by atoms with Crippen LogP contribution in [0.15, 0.2) is 30.3 Å². The third-order valence-electron chi connectivity index (χ3n) is 4.69. The van der Waals surface area contributed by atoms with Gasteiger partial charge < -0.3 is 5.32 Å². The summed E-state index contributed by atoms with van der Waals surface area (Å²) in [4.78, 5) is 12.5. The Balaban J connectivity index is 2.09. The highest BCUT2D eigenvalue weighted by Crippen LogP contribution is 2.50. The van der Waals surface area contributed by atoms with E-state index in [2.05, 4.69) is 17.4 Å². The fraction of sp³-hybridized carbons (Fsp3) is 0.533. The van der Waals surface area contributed by atoms with Crippen molar-refractivity contribution in [1.82, 2.24) is 5.32 Å². The SMILES string of the molecule is CNC1(c2ccccc2)C(=O)CC2CCC1C2. The number of hydrogen-bond acceptors (Lipinski definition) is 2. The minimum Gasteiger partial charge on any atom is -0.304 e. The maximum atomic E-state index is 12.5. The summed E-state index contributed by atoms with van der Waals surface area (Å²) in [6.07, 6.45) is 4.38. The van der Waals surface area contributed by atoms with Gasteiger partial charge in [-0.3, -0.25) is 4.79 Å². The molecule has 2 nitrogen and oxygen atoms in total. The van der Waals surface area contributed by atoms with Gasteiger partial charge in [0, 0.05) is 6.42 Å². The summed E-state index contributed by atoms with van der Waals surface area (Å²) in [5, 5.41) is 3.36. The van der Waals surface area contributed by atoms with Crippen molar-refractivity contribution >= 4 is 5.78 Å². The van der Waals surface area contributed by atoms with Crippen molar-refractivity contribution in [2.45, 2.75) is 31.2 Å². The predicted octanol–water partition coefficient (Wildman–Crippen LogP) is 2.49. The maximum Gasteiger partial charge on any atom is 0.157 e. The molecule has 0 aliphatic heterocycles. The first kappa shape index (κ1) is 11.0. The summed E-state index contributed by atoms with van der Waals surface area (Å²) < 4.78 is 0. The third-order valence-corrected chi connectivity index (χ3v) is 4.69. The number of nitrogens with one attached hydrogen (secondary N) is 1. The van der Waals surface area contributed by atoms with Crippen molar-refractivity contribution < 1.29 is 4.79 Å². The predicted molar refractivity (Wildman–Crippen MR) is 67.6 cm³/mol. The molecule has 3 rings (SSSR count). The van der Waals surface area contributed by atoms with Crippen molar-refractivity contribution in [2.75, 3.05) is 7.05 Å². The van der Waals surface area contributed by atoms with Crippen molar-refractivity contribution in [3.8, 4) is 0 Å². The number of benzene rings is 1. The van der Waals surface area contributed by atoms with Gasteiger partial charge in [-0.2, -0.15) is 0 Å². The van der Waals surface area contributed by atoms with Crippen LogP contribution < -0.4 is 5.32 Å². The van der Waals surface area contributed by atoms with E-state index in [4.69, 9.17) is 0 Å². The zero-order valence-corrected chi connectivity index (χ0v) is 10.3. The average molecular weight is 229 g/mol. The molecule has 1 aromatic rings. The molecule has 3 atom stereocenters. The summed E-state index contributed by atoms with van der Waals surface area (Å²) in [7, 11) is 1.93. The van der Waals surface area contributed by atoms with E-state index in [9.17, 15) is 4.79 Å². The lowest BCUT2D eigenvalue weighted by molar-refractivity contribution is -0.130. The van der Waals surface area contributed by atoms with E-state index in [1.807, 2.05) is 25.2 Å². The summed E-state index contributed by atoms with van der Waals surface area (Å²) in [6.45, 7) is 0. The van der Waals surface area contributed by atoms with Crippen molar-refractivity contribution in [3.63, 3.8) is 0 Å². The lowest BCUT2D eigenvalue weighted by Crippen LogP contribution is -2.54. The lowest BCUT2D eigenvalue weighted by Gasteiger charge is -2.41. The Kier molecular flexibility index (Phi) is 2.55. The Morgan fingerprint density at radius 2 is 2.00 bits per heavy atom. The summed E-state index contributed by atoms with van der Waals surface area (Å²) >= 11 is 0. The van der Waals surface area contributed by atoms with Gasteiger partial charge in [-0.25, -0.2) is 0 Å². The van der Waals surface area contributed by atoms with Crippen LogP contribution in [0.4, 0.5) is 0 Å². The Hall–Kier alpha value is -1.15. The number of carbonyl (C=O) groups is 1. The monoisotopic (exact) mass is 229 g/mol. The van der Waals surface area contributed by atoms with Crippen LogP contribution in [-0.4, -0.2) is 12.8 Å². The Morgan fingerprint density at radius 3 is 2.71 bits per heavy atom. The quantitative estimate of drug-likeness (QED) is 0.844. The Morgan fingerprint density at radius 1 is 1.24 bits per heavy atom. The van der Waals surface area contributed by atoms with Crippen LogP contribution in [0.25, 0.3) is 0 Å². The molecule has 0 saturated heterocycles. The van der Waals surface area contributed by atoms with Crippen molar-refractivity contribution in [2.24, 2.45) is 11.8 Å². The van der Waals surface area contributed by atoms with E-state index in [1.165, 1.54) is 19.3 Å². The van der Waals surface area contributed by atoms with Gasteiger partial charge in [0.15, 0.2) is 5.78 Å². The van der Waals surface area contributed by atoms with Gasteiger partial charge in [-0.1, -0.05) is 30.3 Å². The molecule has 90 valence electrons. The molecule has 2 saturated carbocycles. The first-order valence-corrected chi connectivity index (χ1v) is 6.55. The molecule has 0 amide bonds. The molecule has 0 aromatic heterocycles. The van der Waals surface area contributed by atoms with Crippen LogP contribution in [0.1, 0.15) is 31.2 Å². The second-order valence-electron chi connectivity index (χ2n) is 5.43. The van der Waals surface area contributed by atoms with E-state index >= 15 is 0 Å². The number of rotatable bonds is 2. The Bertz CT molecular complexity index is 428. The summed E-state index contributed by atoms with van der Waals surface area (Å²) in [5.74, 6) is 1.53. The molecule has 17 heavy (non-hydrogen) atoms. The van der Waals surface area contributed by atoms with Gasteiger partial charge >= 0.3 is 0 Å². The van der Waals surface area contributed by atoms with Crippen LogP contribution in [0.5, 0.6) is 0 Å². The second kappa shape index (κ2) is 3.95. The normalized spacial score (nSPS) is 36.2. The van der Waals surface area contributed by atoms with E-state index in [0.29, 0.717) is 17.6 Å². The van der Waals surface area contributed by atoms with Crippen LogP contribution in [0.3, 0.4) is 0 Å². The fourth-order valence-corrected chi connectivity index (χ4v) is 3.89. The molecule has 2 heteroatoms. The average Bonchev–Trinajstić information content (AvgIpc) is 2.76. The topological polar surface area (TPSA) is 29.1 Å². The van der Waals surface area contributed by atoms with Gasteiger partial charge in [0.1, 0.15) is 5.54 Å². The van der Waals surface area contributed by atoms with Gasteiger partial charge in [0.2, 0.25) is 0 Å². The number of fused-ring (bicyclic) bond motifs is 2. The largest absolute Gasteiger partial charge is 0.304 e. The molecule has 1 aromatic carbocycles. The molecule has 2 aliphatic carbocycles. The highest BCUT2D eigenvalue weighted by molar-refractivity contribution is 5.91. The standard InChI is InChI=1S/C15H19NO/c1-16-15(12-5-3-2-4-6-12)13-8-7-11(9-13)10-14(15)17/h2-6,11,13,16H,7-10H2,1H3. The molecule has 3 unspecified atom stereocenters. The van der Waals surface area contributed by atoms with E-state index < -0.39 is 5.54 Å². The molecule has 0 heterocycles. The number of Topliss-reactive ketones (excluding diaryl/α,β-unsaturated/α-hetero) is 1. The molecule has 0 radical (unpaired) electrons. The maximum absolute atomic E-state index is 12.5. The molecular formula is C15H19NO. The minimum atomic E-state index is -0.408. The highest BCUT2D eigenvalue weighted by atomic mass is 16.1. The second-order valence-corrected chi connectivity index (χ2v) is 5.43. The minimum absolute atomic E-state index is 0.393. The molecular weight excluding hydrogens is 210 g/mol. The lowest BCUT2D eigenvalue weighted by atomic mass is 9.68. The zero-order valence-electron chi connectivity index (χ0n) is 10.3. The van der Waals surface area contributed by atoms with E-state index in [1.54, 1.807) is 0 Å². The molecule has 1 N–H and O–H groups in total. The van der Waals surface area contributed by atoms with E-state index in [-0.39, 0.29) is 0 Å². The third kappa shape index (κ3) is 1.47. The first-order valence-electron chi connectivity index (χ1n) is 6.55. The zero-order chi connectivity index (χ0) is 11.9. The molecule has 2 fully saturated rings. The van der Waals surface area contributed by atoms with Crippen LogP contribution >= 0.6 is 0 Å². The molecule has 2 bridgehead atoms. The molecule has 2 aliphatic rings. The number of likely N-dealkylation sites (N-methyl/N-ethyl adjacent to an activating group) is 1. The highest BCUT2D eigenvalue weighted by Gasteiger charge is 2.52. The molecule has 0 spiro atoms. The number of ketones is 1. The number of carbonyl (C=O) groups excluding carboxylic acids is 1. The van der Waals surface area contributed by atoms with Gasteiger partial charge in [0.05, 0.1) is 0 Å². The smallest absolute Gasteiger partial charge is 0.157 e. The van der Waals surface area contributed by atoms with Crippen molar-refractivity contribution in [3.05, 3.63) is 35.9 Å². The van der Waals surface area contributed by atoms with Gasteiger partial charge in [-0.05, 0) is 43.7 Å².